The van der Waals surface area contributed by atoms with E-state index in [1.807, 2.05) is 19.1 Å². The Morgan fingerprint density at radius 2 is 1.93 bits per heavy atom. The molecule has 0 spiro atoms. The van der Waals surface area contributed by atoms with E-state index >= 15 is 0 Å². The molecule has 8 nitrogen and oxygen atoms in total. The van der Waals surface area contributed by atoms with Gasteiger partial charge in [-0.15, -0.1) is 5.10 Å². The van der Waals surface area contributed by atoms with E-state index in [2.05, 4.69) is 30.3 Å². The fraction of sp³-hybridized carbons (Fsp3) is 0.190. The lowest BCUT2D eigenvalue weighted by Gasteiger charge is -2.30. The van der Waals surface area contributed by atoms with Gasteiger partial charge in [0.25, 0.3) is 5.56 Å². The SMILES string of the molecule is Cc1cc2nccc(=O)n2nc1N1CCc2ncc(Nc3ccnc(F)c3)cc2C1. The molecular formula is C21H18FN7O. The average molecular weight is 403 g/mol. The van der Waals surface area contributed by atoms with Gasteiger partial charge in [-0.2, -0.15) is 8.91 Å². The van der Waals surface area contributed by atoms with Gasteiger partial charge in [0.05, 0.1) is 11.9 Å². The Bertz CT molecular complexity index is 1320. The number of aromatic nitrogens is 5. The van der Waals surface area contributed by atoms with Gasteiger partial charge in [0.1, 0.15) is 0 Å². The van der Waals surface area contributed by atoms with E-state index < -0.39 is 5.95 Å². The molecule has 0 aromatic carbocycles. The van der Waals surface area contributed by atoms with Crippen LogP contribution in [0.3, 0.4) is 0 Å². The highest BCUT2D eigenvalue weighted by molar-refractivity contribution is 5.60. The van der Waals surface area contributed by atoms with Gasteiger partial charge in [-0.3, -0.25) is 9.78 Å². The van der Waals surface area contributed by atoms with E-state index in [9.17, 15) is 9.18 Å². The van der Waals surface area contributed by atoms with Crippen molar-refractivity contribution in [3.8, 4) is 0 Å². The van der Waals surface area contributed by atoms with Gasteiger partial charge in [0, 0.05) is 55.4 Å². The molecule has 5 heterocycles. The van der Waals surface area contributed by atoms with Crippen LogP contribution in [0.5, 0.6) is 0 Å². The first-order chi connectivity index (χ1) is 14.6. The van der Waals surface area contributed by atoms with Crippen LogP contribution < -0.4 is 15.8 Å². The highest BCUT2D eigenvalue weighted by Crippen LogP contribution is 2.27. The summed E-state index contributed by atoms with van der Waals surface area (Å²) in [5.74, 6) is 0.206. The lowest BCUT2D eigenvalue weighted by Crippen LogP contribution is -2.33. The molecule has 0 fully saturated rings. The monoisotopic (exact) mass is 403 g/mol. The Labute approximate surface area is 171 Å². The molecular weight excluding hydrogens is 385 g/mol. The number of pyridine rings is 2. The molecule has 1 aliphatic heterocycles. The van der Waals surface area contributed by atoms with Gasteiger partial charge in [-0.1, -0.05) is 0 Å². The Hall–Kier alpha value is -3.88. The lowest BCUT2D eigenvalue weighted by atomic mass is 10.0. The zero-order chi connectivity index (χ0) is 20.7. The maximum Gasteiger partial charge on any atom is 0.274 e. The summed E-state index contributed by atoms with van der Waals surface area (Å²) in [6, 6.07) is 8.31. The first-order valence-electron chi connectivity index (χ1n) is 9.54. The molecule has 150 valence electrons. The Kier molecular flexibility index (Phi) is 4.35. The Balaban J connectivity index is 1.46. The molecule has 0 aliphatic carbocycles. The van der Waals surface area contributed by atoms with Crippen molar-refractivity contribution in [2.75, 3.05) is 16.8 Å². The van der Waals surface area contributed by atoms with Crippen LogP contribution in [-0.4, -0.2) is 31.1 Å². The molecule has 30 heavy (non-hydrogen) atoms. The quantitative estimate of drug-likeness (QED) is 0.526. The van der Waals surface area contributed by atoms with E-state index in [4.69, 9.17) is 0 Å². The van der Waals surface area contributed by atoms with E-state index in [1.54, 1.807) is 12.3 Å². The van der Waals surface area contributed by atoms with Crippen LogP contribution in [0.2, 0.25) is 0 Å². The number of anilines is 3. The first kappa shape index (κ1) is 18.2. The second kappa shape index (κ2) is 7.18. The largest absolute Gasteiger partial charge is 0.354 e. The number of halogens is 1. The maximum absolute atomic E-state index is 13.4. The number of fused-ring (bicyclic) bond motifs is 2. The fourth-order valence-electron chi connectivity index (χ4n) is 3.68. The summed E-state index contributed by atoms with van der Waals surface area (Å²) in [7, 11) is 0. The molecule has 9 heteroatoms. The number of rotatable bonds is 3. The summed E-state index contributed by atoms with van der Waals surface area (Å²) in [5, 5.41) is 7.72. The average Bonchev–Trinajstić information content (AvgIpc) is 2.73. The minimum Gasteiger partial charge on any atom is -0.354 e. The van der Waals surface area contributed by atoms with E-state index in [0.717, 1.165) is 41.3 Å². The van der Waals surface area contributed by atoms with E-state index in [-0.39, 0.29) is 5.56 Å². The smallest absolute Gasteiger partial charge is 0.274 e. The summed E-state index contributed by atoms with van der Waals surface area (Å²) < 4.78 is 14.7. The Morgan fingerprint density at radius 1 is 1.07 bits per heavy atom. The molecule has 0 unspecified atom stereocenters. The number of nitrogens with one attached hydrogen (secondary N) is 1. The molecule has 1 N–H and O–H groups in total. The van der Waals surface area contributed by atoms with Crippen molar-refractivity contribution < 1.29 is 4.39 Å². The zero-order valence-corrected chi connectivity index (χ0v) is 16.2. The summed E-state index contributed by atoms with van der Waals surface area (Å²) in [5.41, 5.74) is 4.72. The summed E-state index contributed by atoms with van der Waals surface area (Å²) >= 11 is 0. The Morgan fingerprint density at radius 3 is 2.80 bits per heavy atom. The van der Waals surface area contributed by atoms with Gasteiger partial charge < -0.3 is 10.2 Å². The molecule has 4 aromatic rings. The van der Waals surface area contributed by atoms with Crippen molar-refractivity contribution in [2.45, 2.75) is 19.9 Å². The van der Waals surface area contributed by atoms with Crippen LogP contribution >= 0.6 is 0 Å². The van der Waals surface area contributed by atoms with Gasteiger partial charge in [0.2, 0.25) is 5.95 Å². The minimum atomic E-state index is -0.542. The molecule has 0 radical (unpaired) electrons. The van der Waals surface area contributed by atoms with Crippen molar-refractivity contribution >= 4 is 22.8 Å². The van der Waals surface area contributed by atoms with Crippen LogP contribution in [0.25, 0.3) is 5.65 Å². The predicted octanol–water partition coefficient (Wildman–Crippen LogP) is 2.63. The van der Waals surface area contributed by atoms with Crippen LogP contribution in [0.4, 0.5) is 21.6 Å². The standard InChI is InChI=1S/C21H18FN7O/c1-13-8-19-24-6-3-20(30)29(19)27-21(13)28-7-4-17-14(12-28)9-16(11-25-17)26-15-2-5-23-18(22)10-15/h2-3,5-6,8-11H,4,7,12H2,1H3,(H,23,26). The number of aryl methyl sites for hydroxylation is 1. The van der Waals surface area contributed by atoms with Crippen LogP contribution in [0.15, 0.2) is 53.7 Å². The first-order valence-corrected chi connectivity index (χ1v) is 9.54. The molecule has 1 aliphatic rings. The third-order valence-corrected chi connectivity index (χ3v) is 5.10. The van der Waals surface area contributed by atoms with Crippen molar-refractivity contribution in [3.63, 3.8) is 0 Å². The molecule has 5 rings (SSSR count). The summed E-state index contributed by atoms with van der Waals surface area (Å²) in [6.07, 6.45) is 5.42. The molecule has 0 saturated carbocycles. The number of nitrogens with zero attached hydrogens (tertiary/aromatic N) is 6. The number of hydrogen-bond acceptors (Lipinski definition) is 7. The minimum absolute atomic E-state index is 0.212. The number of hydrogen-bond donors (Lipinski definition) is 1. The van der Waals surface area contributed by atoms with Crippen molar-refractivity contribution in [3.05, 3.63) is 82.0 Å². The van der Waals surface area contributed by atoms with Gasteiger partial charge in [-0.05, 0) is 36.2 Å². The van der Waals surface area contributed by atoms with E-state index in [0.29, 0.717) is 17.9 Å². The van der Waals surface area contributed by atoms with Crippen molar-refractivity contribution in [1.82, 2.24) is 24.6 Å². The van der Waals surface area contributed by atoms with Crippen LogP contribution in [-0.2, 0) is 13.0 Å². The molecule has 0 bridgehead atoms. The lowest BCUT2D eigenvalue weighted by molar-refractivity contribution is 0.584. The summed E-state index contributed by atoms with van der Waals surface area (Å²) in [4.78, 5) is 26.6. The topological polar surface area (TPSA) is 88.3 Å². The third kappa shape index (κ3) is 3.34. The zero-order valence-electron chi connectivity index (χ0n) is 16.2. The molecule has 4 aromatic heterocycles. The predicted molar refractivity (Wildman–Crippen MR) is 110 cm³/mol. The van der Waals surface area contributed by atoms with Gasteiger partial charge >= 0.3 is 0 Å². The van der Waals surface area contributed by atoms with Crippen LogP contribution in [0.1, 0.15) is 16.8 Å². The fourth-order valence-corrected chi connectivity index (χ4v) is 3.68. The third-order valence-electron chi connectivity index (χ3n) is 5.10. The normalized spacial score (nSPS) is 13.3. The highest BCUT2D eigenvalue weighted by atomic mass is 19.1. The molecule has 0 saturated heterocycles. The van der Waals surface area contributed by atoms with Gasteiger partial charge in [-0.25, -0.2) is 9.97 Å². The highest BCUT2D eigenvalue weighted by Gasteiger charge is 2.21. The van der Waals surface area contributed by atoms with Gasteiger partial charge in [0.15, 0.2) is 11.5 Å². The molecule has 0 atom stereocenters. The summed E-state index contributed by atoms with van der Waals surface area (Å²) in [6.45, 7) is 3.32. The van der Waals surface area contributed by atoms with Crippen LogP contribution in [0, 0.1) is 12.9 Å². The van der Waals surface area contributed by atoms with Crippen molar-refractivity contribution in [1.29, 1.82) is 0 Å². The second-order valence-corrected chi connectivity index (χ2v) is 7.20. The van der Waals surface area contributed by atoms with E-state index in [1.165, 1.54) is 29.0 Å². The maximum atomic E-state index is 13.4. The second-order valence-electron chi connectivity index (χ2n) is 7.20. The van der Waals surface area contributed by atoms with Crippen molar-refractivity contribution in [2.24, 2.45) is 0 Å². The molecule has 0 amide bonds.